The molecule has 0 aromatic heterocycles. The first kappa shape index (κ1) is 16.9. The standard InChI is InChI=1S/C13H20NO5P/c1-4-17-20(16,18-5-2)13(3,14)19-12-8-6-11(10-15)7-9-12/h6-10H,4-5,14H2,1-3H3/t13-/m1/s1. The van der Waals surface area contributed by atoms with E-state index in [1.165, 1.54) is 6.92 Å². The highest BCUT2D eigenvalue weighted by molar-refractivity contribution is 7.55. The number of carbonyl (C=O) groups excluding carboxylic acids is 1. The van der Waals surface area contributed by atoms with Crippen LogP contribution < -0.4 is 10.5 Å². The highest BCUT2D eigenvalue weighted by Gasteiger charge is 2.46. The molecule has 0 spiro atoms. The summed E-state index contributed by atoms with van der Waals surface area (Å²) in [6.45, 7) is 5.21. The second-order valence-corrected chi connectivity index (χ2v) is 6.58. The molecule has 6 nitrogen and oxygen atoms in total. The molecule has 2 N–H and O–H groups in total. The van der Waals surface area contributed by atoms with Gasteiger partial charge in [0.2, 0.25) is 0 Å². The number of aldehydes is 1. The summed E-state index contributed by atoms with van der Waals surface area (Å²) in [5, 5.41) is 0. The van der Waals surface area contributed by atoms with Crippen LogP contribution in [0.5, 0.6) is 5.75 Å². The topological polar surface area (TPSA) is 87.8 Å². The summed E-state index contributed by atoms with van der Waals surface area (Å²) in [5.74, 6) is 0.375. The van der Waals surface area contributed by atoms with Gasteiger partial charge in [0.05, 0.1) is 13.2 Å². The normalized spacial score (nSPS) is 14.6. The highest BCUT2D eigenvalue weighted by Crippen LogP contribution is 2.57. The predicted molar refractivity (Wildman–Crippen MR) is 75.9 cm³/mol. The van der Waals surface area contributed by atoms with E-state index in [2.05, 4.69) is 0 Å². The van der Waals surface area contributed by atoms with E-state index in [9.17, 15) is 9.36 Å². The van der Waals surface area contributed by atoms with Crippen LogP contribution in [0.25, 0.3) is 0 Å². The van der Waals surface area contributed by atoms with Crippen LogP contribution in [-0.4, -0.2) is 25.0 Å². The van der Waals surface area contributed by atoms with Crippen LogP contribution in [0.4, 0.5) is 0 Å². The monoisotopic (exact) mass is 301 g/mol. The largest absolute Gasteiger partial charge is 0.461 e. The quantitative estimate of drug-likeness (QED) is 0.451. The maximum atomic E-state index is 12.6. The molecule has 0 fully saturated rings. The summed E-state index contributed by atoms with van der Waals surface area (Å²) in [7, 11) is -3.62. The van der Waals surface area contributed by atoms with Crippen LogP contribution >= 0.6 is 7.60 Å². The van der Waals surface area contributed by atoms with E-state index in [1.807, 2.05) is 0 Å². The molecule has 0 aliphatic heterocycles. The second kappa shape index (κ2) is 6.99. The molecule has 0 saturated heterocycles. The van der Waals surface area contributed by atoms with Crippen molar-refractivity contribution in [2.45, 2.75) is 26.2 Å². The Bertz CT molecular complexity index is 476. The van der Waals surface area contributed by atoms with Crippen LogP contribution in [0.3, 0.4) is 0 Å². The lowest BCUT2D eigenvalue weighted by atomic mass is 10.2. The zero-order chi connectivity index (χ0) is 15.2. The SMILES string of the molecule is CCOP(=O)(OCC)[C@](C)(N)Oc1ccc(C=O)cc1. The number of hydrogen-bond acceptors (Lipinski definition) is 6. The van der Waals surface area contributed by atoms with E-state index in [1.54, 1.807) is 38.1 Å². The van der Waals surface area contributed by atoms with Gasteiger partial charge in [-0.3, -0.25) is 15.1 Å². The van der Waals surface area contributed by atoms with Gasteiger partial charge in [-0.1, -0.05) is 0 Å². The molecule has 1 aromatic rings. The van der Waals surface area contributed by atoms with E-state index in [0.717, 1.165) is 6.29 Å². The molecule has 0 saturated carbocycles. The van der Waals surface area contributed by atoms with Gasteiger partial charge in [0.15, 0.2) is 0 Å². The predicted octanol–water partition coefficient (Wildman–Crippen LogP) is 2.78. The van der Waals surface area contributed by atoms with Gasteiger partial charge in [0, 0.05) is 12.5 Å². The van der Waals surface area contributed by atoms with Gasteiger partial charge in [-0.25, -0.2) is 0 Å². The Labute approximate surface area is 118 Å². The molecule has 0 amide bonds. The lowest BCUT2D eigenvalue weighted by Crippen LogP contribution is -2.43. The number of carbonyl (C=O) groups is 1. The van der Waals surface area contributed by atoms with Gasteiger partial charge in [-0.2, -0.15) is 0 Å². The Hall–Kier alpha value is -1.20. The first-order chi connectivity index (χ1) is 9.38. The smallest absolute Gasteiger partial charge is 0.388 e. The Morgan fingerprint density at radius 2 is 1.70 bits per heavy atom. The van der Waals surface area contributed by atoms with E-state index < -0.39 is 13.1 Å². The minimum absolute atomic E-state index is 0.192. The zero-order valence-electron chi connectivity index (χ0n) is 11.9. The minimum atomic E-state index is -3.62. The summed E-state index contributed by atoms with van der Waals surface area (Å²) in [6.07, 6.45) is 0.719. The lowest BCUT2D eigenvalue weighted by Gasteiger charge is -2.32. The zero-order valence-corrected chi connectivity index (χ0v) is 12.8. The second-order valence-electron chi connectivity index (χ2n) is 4.18. The van der Waals surface area contributed by atoms with Crippen molar-refractivity contribution in [1.29, 1.82) is 0 Å². The Kier molecular flexibility index (Phi) is 5.89. The van der Waals surface area contributed by atoms with Crippen molar-refractivity contribution in [3.05, 3.63) is 29.8 Å². The van der Waals surface area contributed by atoms with Gasteiger partial charge < -0.3 is 13.8 Å². The van der Waals surface area contributed by atoms with Crippen LogP contribution in [0.2, 0.25) is 0 Å². The van der Waals surface area contributed by atoms with Crippen molar-refractivity contribution >= 4 is 13.9 Å². The number of rotatable bonds is 8. The molecule has 7 heteroatoms. The Morgan fingerprint density at radius 1 is 1.20 bits per heavy atom. The first-order valence-electron chi connectivity index (χ1n) is 6.31. The van der Waals surface area contributed by atoms with Crippen molar-refractivity contribution in [3.63, 3.8) is 0 Å². The fraction of sp³-hybridized carbons (Fsp3) is 0.462. The van der Waals surface area contributed by atoms with E-state index in [4.69, 9.17) is 19.5 Å². The van der Waals surface area contributed by atoms with Crippen LogP contribution in [-0.2, 0) is 13.6 Å². The summed E-state index contributed by atoms with van der Waals surface area (Å²) in [4.78, 5) is 10.6. The Morgan fingerprint density at radius 3 is 2.10 bits per heavy atom. The van der Waals surface area contributed by atoms with Gasteiger partial charge in [-0.15, -0.1) is 0 Å². The Balaban J connectivity index is 2.95. The first-order valence-corrected chi connectivity index (χ1v) is 7.85. The van der Waals surface area contributed by atoms with Crippen LogP contribution in [0, 0.1) is 0 Å². The molecule has 0 aliphatic rings. The van der Waals surface area contributed by atoms with Crippen molar-refractivity contribution < 1.29 is 23.1 Å². The van der Waals surface area contributed by atoms with Crippen molar-refractivity contribution in [1.82, 2.24) is 0 Å². The van der Waals surface area contributed by atoms with Gasteiger partial charge >= 0.3 is 7.60 Å². The highest BCUT2D eigenvalue weighted by atomic mass is 31.2. The van der Waals surface area contributed by atoms with Crippen LogP contribution in [0.1, 0.15) is 31.1 Å². The van der Waals surface area contributed by atoms with Gasteiger partial charge in [0.25, 0.3) is 5.47 Å². The molecule has 112 valence electrons. The molecule has 1 rings (SSSR count). The number of ether oxygens (including phenoxy) is 1. The van der Waals surface area contributed by atoms with Crippen molar-refractivity contribution in [2.24, 2.45) is 5.73 Å². The summed E-state index contributed by atoms with van der Waals surface area (Å²) in [5.41, 5.74) is 4.85. The van der Waals surface area contributed by atoms with E-state index in [-0.39, 0.29) is 13.2 Å². The summed E-state index contributed by atoms with van der Waals surface area (Å²) < 4.78 is 28.5. The maximum absolute atomic E-state index is 12.6. The molecule has 0 radical (unpaired) electrons. The molecular weight excluding hydrogens is 281 g/mol. The van der Waals surface area contributed by atoms with Crippen LogP contribution in [0.15, 0.2) is 24.3 Å². The third-order valence-electron chi connectivity index (χ3n) is 2.48. The van der Waals surface area contributed by atoms with E-state index >= 15 is 0 Å². The average molecular weight is 301 g/mol. The van der Waals surface area contributed by atoms with Gasteiger partial charge in [-0.05, 0) is 38.1 Å². The molecule has 0 aliphatic carbocycles. The molecule has 0 unspecified atom stereocenters. The fourth-order valence-corrected chi connectivity index (χ4v) is 3.03. The molecule has 0 heterocycles. The molecular formula is C13H20NO5P. The molecule has 1 aromatic carbocycles. The number of nitrogens with two attached hydrogens (primary N) is 1. The molecule has 20 heavy (non-hydrogen) atoms. The average Bonchev–Trinajstić information content (AvgIpc) is 2.39. The lowest BCUT2D eigenvalue weighted by molar-refractivity contribution is 0.105. The van der Waals surface area contributed by atoms with Crippen molar-refractivity contribution in [3.8, 4) is 5.75 Å². The fourth-order valence-electron chi connectivity index (χ4n) is 1.54. The number of benzene rings is 1. The van der Waals surface area contributed by atoms with E-state index in [0.29, 0.717) is 11.3 Å². The van der Waals surface area contributed by atoms with Gasteiger partial charge in [0.1, 0.15) is 12.0 Å². The summed E-state index contributed by atoms with van der Waals surface area (Å²) in [6, 6.07) is 6.28. The minimum Gasteiger partial charge on any atom is -0.461 e. The summed E-state index contributed by atoms with van der Waals surface area (Å²) >= 11 is 0. The maximum Gasteiger partial charge on any atom is 0.388 e. The molecule has 0 bridgehead atoms. The third-order valence-corrected chi connectivity index (χ3v) is 4.86. The number of hydrogen-bond donors (Lipinski definition) is 1. The van der Waals surface area contributed by atoms with Crippen molar-refractivity contribution in [2.75, 3.05) is 13.2 Å². The third kappa shape index (κ3) is 3.90. The molecule has 1 atom stereocenters.